The highest BCUT2D eigenvalue weighted by molar-refractivity contribution is 5.96. The quantitative estimate of drug-likeness (QED) is 0.828. The molecule has 0 bridgehead atoms. The number of anilines is 1. The number of hydrogen-bond donors (Lipinski definition) is 1. The predicted molar refractivity (Wildman–Crippen MR) is 83.7 cm³/mol. The van der Waals surface area contributed by atoms with Crippen LogP contribution in [0.1, 0.15) is 0 Å². The molecule has 3 amide bonds. The summed E-state index contributed by atoms with van der Waals surface area (Å²) < 4.78 is 27.9. The van der Waals surface area contributed by atoms with E-state index in [1.807, 2.05) is 0 Å². The van der Waals surface area contributed by atoms with E-state index >= 15 is 0 Å². The molecule has 1 saturated heterocycles. The number of urea groups is 1. The average Bonchev–Trinajstić information content (AvgIpc) is 3.21. The predicted octanol–water partition coefficient (Wildman–Crippen LogP) is 0.615. The van der Waals surface area contributed by atoms with Crippen molar-refractivity contribution in [2.24, 2.45) is 0 Å². The lowest BCUT2D eigenvalue weighted by atomic mass is 10.3. The molecule has 0 atom stereocenters. The zero-order valence-corrected chi connectivity index (χ0v) is 13.2. The third-order valence-electron chi connectivity index (χ3n) is 3.77. The van der Waals surface area contributed by atoms with Gasteiger partial charge in [-0.3, -0.25) is 14.4 Å². The molecule has 132 valence electrons. The number of nitrogens with zero attached hydrogens (tertiary/aromatic N) is 5. The van der Waals surface area contributed by atoms with Crippen molar-refractivity contribution in [2.45, 2.75) is 6.54 Å². The molecule has 0 unspecified atom stereocenters. The summed E-state index contributed by atoms with van der Waals surface area (Å²) in [7, 11) is 0. The van der Waals surface area contributed by atoms with Crippen molar-refractivity contribution in [1.82, 2.24) is 25.0 Å². The number of halogens is 2. The van der Waals surface area contributed by atoms with E-state index in [1.54, 1.807) is 4.68 Å². The highest BCUT2D eigenvalue weighted by Gasteiger charge is 2.31. The maximum Gasteiger partial charge on any atom is 0.325 e. The summed E-state index contributed by atoms with van der Waals surface area (Å²) in [5.74, 6) is -2.30. The summed E-state index contributed by atoms with van der Waals surface area (Å²) in [6, 6.07) is 2.85. The van der Waals surface area contributed by atoms with Gasteiger partial charge in [-0.1, -0.05) is 0 Å². The molecule has 3 rings (SSSR count). The molecule has 1 aliphatic rings. The Balaban J connectivity index is 1.51. The molecule has 0 saturated carbocycles. The van der Waals surface area contributed by atoms with Gasteiger partial charge < -0.3 is 10.2 Å². The largest absolute Gasteiger partial charge is 0.353 e. The fourth-order valence-electron chi connectivity index (χ4n) is 2.51. The Morgan fingerprint density at radius 2 is 2.08 bits per heavy atom. The summed E-state index contributed by atoms with van der Waals surface area (Å²) in [6.45, 7) is 1.36. The summed E-state index contributed by atoms with van der Waals surface area (Å²) in [6.07, 6.45) is 2.94. The maximum absolute atomic E-state index is 13.3. The molecule has 2 aromatic rings. The van der Waals surface area contributed by atoms with Crippen molar-refractivity contribution in [3.8, 4) is 0 Å². The van der Waals surface area contributed by atoms with Gasteiger partial charge in [-0.2, -0.15) is 5.10 Å². The molecule has 0 radical (unpaired) electrons. The Morgan fingerprint density at radius 3 is 2.80 bits per heavy atom. The van der Waals surface area contributed by atoms with Crippen LogP contribution in [0.5, 0.6) is 0 Å². The van der Waals surface area contributed by atoms with Gasteiger partial charge in [-0.25, -0.2) is 18.6 Å². The average molecular weight is 350 g/mol. The van der Waals surface area contributed by atoms with Gasteiger partial charge in [0.25, 0.3) is 0 Å². The summed E-state index contributed by atoms with van der Waals surface area (Å²) in [4.78, 5) is 30.7. The summed E-state index contributed by atoms with van der Waals surface area (Å²) >= 11 is 0. The Labute approximate surface area is 142 Å². The second-order valence-corrected chi connectivity index (χ2v) is 5.46. The zero-order chi connectivity index (χ0) is 17.8. The number of aromatic nitrogens is 3. The van der Waals surface area contributed by atoms with Gasteiger partial charge in [0.2, 0.25) is 5.91 Å². The van der Waals surface area contributed by atoms with Crippen LogP contribution in [0.25, 0.3) is 0 Å². The van der Waals surface area contributed by atoms with Crippen LogP contribution in [-0.4, -0.2) is 57.8 Å². The Morgan fingerprint density at radius 1 is 1.24 bits per heavy atom. The lowest BCUT2D eigenvalue weighted by molar-refractivity contribution is -0.121. The summed E-state index contributed by atoms with van der Waals surface area (Å²) in [5, 5.41) is 6.60. The van der Waals surface area contributed by atoms with E-state index in [4.69, 9.17) is 0 Å². The van der Waals surface area contributed by atoms with E-state index in [0.717, 1.165) is 12.1 Å². The molecule has 0 aliphatic carbocycles. The molecule has 1 fully saturated rings. The minimum Gasteiger partial charge on any atom is -0.353 e. The molecule has 10 heteroatoms. The van der Waals surface area contributed by atoms with Gasteiger partial charge in [0.15, 0.2) is 11.6 Å². The van der Waals surface area contributed by atoms with Gasteiger partial charge >= 0.3 is 6.03 Å². The SMILES string of the molecule is O=C(CN1CCN(c2ccc(F)c(F)c2)C1=O)NCCn1cncn1. The molecule has 25 heavy (non-hydrogen) atoms. The third kappa shape index (κ3) is 3.90. The second-order valence-electron chi connectivity index (χ2n) is 5.46. The first-order valence-corrected chi connectivity index (χ1v) is 7.65. The van der Waals surface area contributed by atoms with E-state index in [1.165, 1.54) is 28.5 Å². The fraction of sp³-hybridized carbons (Fsp3) is 0.333. The van der Waals surface area contributed by atoms with Crippen LogP contribution in [-0.2, 0) is 11.3 Å². The molecule has 1 aromatic carbocycles. The first-order valence-electron chi connectivity index (χ1n) is 7.65. The van der Waals surface area contributed by atoms with E-state index in [2.05, 4.69) is 15.4 Å². The van der Waals surface area contributed by atoms with E-state index in [9.17, 15) is 18.4 Å². The smallest absolute Gasteiger partial charge is 0.325 e. The highest BCUT2D eigenvalue weighted by Crippen LogP contribution is 2.22. The second kappa shape index (κ2) is 7.24. The van der Waals surface area contributed by atoms with E-state index in [0.29, 0.717) is 26.2 Å². The molecular weight excluding hydrogens is 334 g/mol. The molecular formula is C15H16F2N6O2. The fourth-order valence-corrected chi connectivity index (χ4v) is 2.51. The van der Waals surface area contributed by atoms with E-state index in [-0.39, 0.29) is 18.1 Å². The number of nitrogens with one attached hydrogen (secondary N) is 1. The topological polar surface area (TPSA) is 83.4 Å². The number of hydrogen-bond acceptors (Lipinski definition) is 4. The number of amides is 3. The molecule has 8 nitrogen and oxygen atoms in total. The summed E-state index contributed by atoms with van der Waals surface area (Å²) in [5.41, 5.74) is 0.262. The first-order chi connectivity index (χ1) is 12.0. The minimum absolute atomic E-state index is 0.101. The Kier molecular flexibility index (Phi) is 4.87. The number of carbonyl (C=O) groups is 2. The standard InChI is InChI=1S/C15H16F2N6O2/c16-12-2-1-11(7-13(12)17)23-6-5-21(15(23)25)8-14(24)19-3-4-22-10-18-9-20-22/h1-2,7,9-10H,3-6,8H2,(H,19,24). The van der Waals surface area contributed by atoms with Gasteiger partial charge in [0.05, 0.1) is 6.54 Å². The van der Waals surface area contributed by atoms with Crippen LogP contribution < -0.4 is 10.2 Å². The third-order valence-corrected chi connectivity index (χ3v) is 3.77. The minimum atomic E-state index is -1.02. The Bertz CT molecular complexity index is 767. The van der Waals surface area contributed by atoms with Crippen molar-refractivity contribution < 1.29 is 18.4 Å². The van der Waals surface area contributed by atoms with Crippen LogP contribution in [0.4, 0.5) is 19.3 Å². The van der Waals surface area contributed by atoms with Gasteiger partial charge in [0.1, 0.15) is 19.2 Å². The zero-order valence-electron chi connectivity index (χ0n) is 13.2. The normalized spacial score (nSPS) is 14.2. The molecule has 0 spiro atoms. The number of rotatable bonds is 6. The van der Waals surface area contributed by atoms with Gasteiger partial charge in [-0.15, -0.1) is 0 Å². The highest BCUT2D eigenvalue weighted by atomic mass is 19.2. The van der Waals surface area contributed by atoms with Crippen LogP contribution in [0, 0.1) is 11.6 Å². The lowest BCUT2D eigenvalue weighted by Gasteiger charge is -2.18. The van der Waals surface area contributed by atoms with Crippen LogP contribution in [0.15, 0.2) is 30.9 Å². The van der Waals surface area contributed by atoms with Crippen LogP contribution in [0.2, 0.25) is 0 Å². The maximum atomic E-state index is 13.3. The van der Waals surface area contributed by atoms with Crippen molar-refractivity contribution in [2.75, 3.05) is 31.1 Å². The molecule has 1 N–H and O–H groups in total. The number of carbonyl (C=O) groups excluding carboxylic acids is 2. The van der Waals surface area contributed by atoms with Gasteiger partial charge in [-0.05, 0) is 12.1 Å². The molecule has 1 aromatic heterocycles. The van der Waals surface area contributed by atoms with Crippen molar-refractivity contribution in [1.29, 1.82) is 0 Å². The van der Waals surface area contributed by atoms with Crippen molar-refractivity contribution >= 4 is 17.6 Å². The van der Waals surface area contributed by atoms with Crippen LogP contribution >= 0.6 is 0 Å². The van der Waals surface area contributed by atoms with Crippen molar-refractivity contribution in [3.05, 3.63) is 42.5 Å². The monoisotopic (exact) mass is 350 g/mol. The van der Waals surface area contributed by atoms with Crippen LogP contribution in [0.3, 0.4) is 0 Å². The van der Waals surface area contributed by atoms with E-state index < -0.39 is 17.7 Å². The molecule has 2 heterocycles. The lowest BCUT2D eigenvalue weighted by Crippen LogP contribution is -2.40. The Hall–Kier alpha value is -3.04. The number of benzene rings is 1. The first kappa shape index (κ1) is 16.8. The molecule has 1 aliphatic heterocycles. The van der Waals surface area contributed by atoms with Crippen molar-refractivity contribution in [3.63, 3.8) is 0 Å². The van der Waals surface area contributed by atoms with Gasteiger partial charge in [0, 0.05) is 31.4 Å².